The molecule has 4 aliphatic rings. The third-order valence-electron chi connectivity index (χ3n) is 4.94. The molecule has 4 nitrogen and oxygen atoms in total. The van der Waals surface area contributed by atoms with Crippen LogP contribution in [0.2, 0.25) is 0 Å². The Morgan fingerprint density at radius 2 is 1.29 bits per heavy atom. The largest absolute Gasteiger partial charge is 0.481 e. The van der Waals surface area contributed by atoms with Gasteiger partial charge in [0.15, 0.2) is 0 Å². The van der Waals surface area contributed by atoms with Crippen molar-refractivity contribution in [2.45, 2.75) is 25.7 Å². The van der Waals surface area contributed by atoms with E-state index in [4.69, 9.17) is 10.2 Å². The van der Waals surface area contributed by atoms with E-state index >= 15 is 0 Å². The average molecular weight is 196 g/mol. The summed E-state index contributed by atoms with van der Waals surface area (Å²) < 4.78 is 0. The van der Waals surface area contributed by atoms with Gasteiger partial charge in [0.05, 0.1) is 10.8 Å². The molecular weight excluding hydrogens is 184 g/mol. The van der Waals surface area contributed by atoms with E-state index in [1.54, 1.807) is 0 Å². The van der Waals surface area contributed by atoms with Crippen LogP contribution >= 0.6 is 0 Å². The molecule has 0 heterocycles. The molecule has 0 aromatic carbocycles. The summed E-state index contributed by atoms with van der Waals surface area (Å²) in [7, 11) is 0. The molecule has 76 valence electrons. The van der Waals surface area contributed by atoms with Crippen LogP contribution < -0.4 is 0 Å². The summed E-state index contributed by atoms with van der Waals surface area (Å²) in [4.78, 5) is 22.2. The van der Waals surface area contributed by atoms with Gasteiger partial charge in [-0.2, -0.15) is 0 Å². The van der Waals surface area contributed by atoms with Crippen molar-refractivity contribution in [3.05, 3.63) is 0 Å². The lowest BCUT2D eigenvalue weighted by atomic mass is 9.29. The molecule has 0 spiro atoms. The van der Waals surface area contributed by atoms with Gasteiger partial charge in [-0.3, -0.25) is 9.59 Å². The maximum absolute atomic E-state index is 11.1. The molecule has 2 N–H and O–H groups in total. The van der Waals surface area contributed by atoms with Crippen molar-refractivity contribution in [1.82, 2.24) is 0 Å². The standard InChI is InChI=1S/C10H12O4/c11-7(12)9-1-2-10(8(13)14)4-5(9)6(10)3-9/h5-6H,1-4H2,(H,11,12)(H,13,14). The van der Waals surface area contributed by atoms with Crippen molar-refractivity contribution in [3.63, 3.8) is 0 Å². The average Bonchev–Trinajstić information content (AvgIpc) is 2.13. The Hall–Kier alpha value is -1.06. The summed E-state index contributed by atoms with van der Waals surface area (Å²) in [5, 5.41) is 18.2. The highest BCUT2D eigenvalue weighted by Gasteiger charge is 2.78. The Morgan fingerprint density at radius 1 is 0.929 bits per heavy atom. The molecule has 0 aromatic rings. The highest BCUT2D eigenvalue weighted by Crippen LogP contribution is 2.77. The number of rotatable bonds is 2. The van der Waals surface area contributed by atoms with Gasteiger partial charge in [-0.15, -0.1) is 0 Å². The maximum atomic E-state index is 11.1. The van der Waals surface area contributed by atoms with Crippen LogP contribution in [0.4, 0.5) is 0 Å². The molecule has 4 saturated carbocycles. The maximum Gasteiger partial charge on any atom is 0.309 e. The molecule has 4 rings (SSSR count). The van der Waals surface area contributed by atoms with E-state index in [1.165, 1.54) is 0 Å². The summed E-state index contributed by atoms with van der Waals surface area (Å²) >= 11 is 0. The number of carboxylic acid groups (broad SMARTS) is 2. The molecular formula is C10H12O4. The lowest BCUT2D eigenvalue weighted by Crippen LogP contribution is -2.73. The van der Waals surface area contributed by atoms with Gasteiger partial charge in [-0.05, 0) is 37.5 Å². The molecule has 4 bridgehead atoms. The first kappa shape index (κ1) is 8.26. The number of hydrogen-bond acceptors (Lipinski definition) is 2. The number of fused-ring (bicyclic) bond motifs is 1. The van der Waals surface area contributed by atoms with E-state index < -0.39 is 22.8 Å². The number of carboxylic acids is 2. The third-order valence-corrected chi connectivity index (χ3v) is 4.94. The van der Waals surface area contributed by atoms with Crippen LogP contribution in [0.5, 0.6) is 0 Å². The van der Waals surface area contributed by atoms with Gasteiger partial charge in [-0.25, -0.2) is 0 Å². The zero-order valence-corrected chi connectivity index (χ0v) is 7.69. The van der Waals surface area contributed by atoms with Crippen LogP contribution in [0.1, 0.15) is 25.7 Å². The normalized spacial score (nSPS) is 52.9. The van der Waals surface area contributed by atoms with Gasteiger partial charge in [0.1, 0.15) is 0 Å². The van der Waals surface area contributed by atoms with Crippen molar-refractivity contribution in [3.8, 4) is 0 Å². The van der Waals surface area contributed by atoms with Gasteiger partial charge in [0.25, 0.3) is 0 Å². The predicted octanol–water partition coefficient (Wildman–Crippen LogP) is 0.962. The van der Waals surface area contributed by atoms with Gasteiger partial charge >= 0.3 is 11.9 Å². The quantitative estimate of drug-likeness (QED) is 0.689. The molecule has 4 unspecified atom stereocenters. The lowest BCUT2D eigenvalue weighted by Gasteiger charge is -2.72. The van der Waals surface area contributed by atoms with E-state index in [-0.39, 0.29) is 11.8 Å². The summed E-state index contributed by atoms with van der Waals surface area (Å²) in [6.07, 6.45) is 2.32. The van der Waals surface area contributed by atoms with Crippen LogP contribution in [-0.2, 0) is 9.59 Å². The second kappa shape index (κ2) is 1.97. The van der Waals surface area contributed by atoms with Crippen LogP contribution in [-0.4, -0.2) is 22.2 Å². The van der Waals surface area contributed by atoms with Crippen LogP contribution in [0.25, 0.3) is 0 Å². The first-order valence-corrected chi connectivity index (χ1v) is 5.00. The van der Waals surface area contributed by atoms with Gasteiger partial charge in [-0.1, -0.05) is 0 Å². The van der Waals surface area contributed by atoms with Gasteiger partial charge in [0, 0.05) is 0 Å². The first-order chi connectivity index (χ1) is 6.53. The van der Waals surface area contributed by atoms with Crippen LogP contribution in [0.3, 0.4) is 0 Å². The molecule has 4 heteroatoms. The number of aliphatic carboxylic acids is 2. The fraction of sp³-hybridized carbons (Fsp3) is 0.800. The van der Waals surface area contributed by atoms with Crippen LogP contribution in [0, 0.1) is 22.7 Å². The Balaban J connectivity index is 1.92. The molecule has 0 aromatic heterocycles. The summed E-state index contributed by atoms with van der Waals surface area (Å²) in [6.45, 7) is 0. The molecule has 0 saturated heterocycles. The Kier molecular flexibility index (Phi) is 1.16. The van der Waals surface area contributed by atoms with Crippen molar-refractivity contribution in [2.75, 3.05) is 0 Å². The Morgan fingerprint density at radius 3 is 1.43 bits per heavy atom. The number of hydrogen-bond donors (Lipinski definition) is 2. The highest BCUT2D eigenvalue weighted by molar-refractivity contribution is 5.84. The molecule has 4 aliphatic carbocycles. The smallest absolute Gasteiger partial charge is 0.309 e. The Labute approximate surface area is 80.9 Å². The number of carbonyl (C=O) groups is 2. The molecule has 14 heavy (non-hydrogen) atoms. The van der Waals surface area contributed by atoms with Crippen molar-refractivity contribution in [2.24, 2.45) is 22.7 Å². The molecule has 4 fully saturated rings. The van der Waals surface area contributed by atoms with Crippen molar-refractivity contribution in [1.29, 1.82) is 0 Å². The topological polar surface area (TPSA) is 74.6 Å². The summed E-state index contributed by atoms with van der Waals surface area (Å²) in [5.74, 6) is -1.11. The second-order valence-corrected chi connectivity index (χ2v) is 5.04. The fourth-order valence-corrected chi connectivity index (χ4v) is 3.94. The van der Waals surface area contributed by atoms with E-state index in [2.05, 4.69) is 0 Å². The van der Waals surface area contributed by atoms with E-state index in [0.717, 1.165) is 0 Å². The molecule has 0 amide bonds. The lowest BCUT2D eigenvalue weighted by molar-refractivity contribution is -0.269. The third kappa shape index (κ3) is 0.560. The van der Waals surface area contributed by atoms with Crippen molar-refractivity contribution >= 4 is 11.9 Å². The monoisotopic (exact) mass is 196 g/mol. The molecule has 0 radical (unpaired) electrons. The van der Waals surface area contributed by atoms with Gasteiger partial charge < -0.3 is 10.2 Å². The second-order valence-electron chi connectivity index (χ2n) is 5.04. The minimum atomic E-state index is -0.711. The molecule has 4 atom stereocenters. The zero-order valence-electron chi connectivity index (χ0n) is 7.69. The van der Waals surface area contributed by atoms with Crippen molar-refractivity contribution < 1.29 is 19.8 Å². The van der Waals surface area contributed by atoms with Crippen LogP contribution in [0.15, 0.2) is 0 Å². The van der Waals surface area contributed by atoms with Gasteiger partial charge in [0.2, 0.25) is 0 Å². The summed E-state index contributed by atoms with van der Waals surface area (Å²) in [6, 6.07) is 0. The van der Waals surface area contributed by atoms with E-state index in [0.29, 0.717) is 25.7 Å². The Bertz CT molecular complexity index is 308. The summed E-state index contributed by atoms with van der Waals surface area (Å²) in [5.41, 5.74) is -1.08. The zero-order chi connectivity index (χ0) is 10.1. The molecule has 0 aliphatic heterocycles. The van der Waals surface area contributed by atoms with E-state index in [9.17, 15) is 9.59 Å². The highest BCUT2D eigenvalue weighted by atomic mass is 16.4. The first-order valence-electron chi connectivity index (χ1n) is 5.00. The minimum Gasteiger partial charge on any atom is -0.481 e. The SMILES string of the molecule is O=C(O)C12CCC3(C(=O)O)CC1C3C2. The predicted molar refractivity (Wildman–Crippen MR) is 45.6 cm³/mol. The van der Waals surface area contributed by atoms with E-state index in [1.807, 2.05) is 0 Å². The minimum absolute atomic E-state index is 0.157. The fourth-order valence-electron chi connectivity index (χ4n) is 3.94.